The molecular weight excluding hydrogens is 214 g/mol. The second-order valence-electron chi connectivity index (χ2n) is 0.932. The van der Waals surface area contributed by atoms with Gasteiger partial charge in [0.05, 0.1) is 5.97 Å². The van der Waals surface area contributed by atoms with Crippen LogP contribution < -0.4 is 108 Å². The van der Waals surface area contributed by atoms with Crippen molar-refractivity contribution < 1.29 is 127 Å². The molecule has 0 heterocycles. The largest absolute Gasteiger partial charge is 1.00 e. The monoisotopic (exact) mass is 216 g/mol. The molecule has 2 atom stereocenters. The number of rotatable bonds is 2. The maximum atomic E-state index is 9.47. The van der Waals surface area contributed by atoms with Gasteiger partial charge >= 0.3 is 103 Å². The zero-order valence-corrected chi connectivity index (χ0v) is 12.6. The Bertz CT molecular complexity index is 113. The van der Waals surface area contributed by atoms with Crippen LogP contribution in [-0.4, -0.2) is 25.3 Å². The van der Waals surface area contributed by atoms with Crippen LogP contribution in [0.4, 0.5) is 0 Å². The third kappa shape index (κ3) is 8.91. The Morgan fingerprint density at radius 2 is 1.80 bits per heavy atom. The average molecular weight is 216 g/mol. The second-order valence-corrected chi connectivity index (χ2v) is 1.90. The molecule has 0 spiro atoms. The summed E-state index contributed by atoms with van der Waals surface area (Å²) >= 11 is -3.00. The minimum atomic E-state index is -3.00. The van der Waals surface area contributed by atoms with Crippen LogP contribution in [0.5, 0.6) is 0 Å². The standard InChI is InChI=1S/C2H4O5S.2K/c3-1(4)2(5)8(6)7;;/h2,5H,(H,3,4)(H,6,7);;/q;2*+1/p-2. The molecule has 0 aliphatic carbocycles. The first-order valence-electron chi connectivity index (χ1n) is 1.52. The molecule has 0 saturated heterocycles. The molecule has 0 aromatic carbocycles. The van der Waals surface area contributed by atoms with Gasteiger partial charge in [-0.3, -0.25) is 4.21 Å². The van der Waals surface area contributed by atoms with E-state index >= 15 is 0 Å². The molecule has 0 bridgehead atoms. The van der Waals surface area contributed by atoms with Gasteiger partial charge in [0.15, 0.2) is 5.44 Å². The number of carbonyl (C=O) groups is 1. The first-order chi connectivity index (χ1) is 3.55. The van der Waals surface area contributed by atoms with Crippen LogP contribution in [-0.2, 0) is 15.9 Å². The number of aliphatic carboxylic acids is 1. The number of hydrogen-bond acceptors (Lipinski definition) is 5. The summed E-state index contributed by atoms with van der Waals surface area (Å²) in [6, 6.07) is 0. The van der Waals surface area contributed by atoms with Crippen LogP contribution in [0.2, 0.25) is 0 Å². The van der Waals surface area contributed by atoms with Crippen LogP contribution in [0.1, 0.15) is 0 Å². The molecule has 0 aliphatic rings. The van der Waals surface area contributed by atoms with Gasteiger partial charge in [-0.15, -0.1) is 0 Å². The van der Waals surface area contributed by atoms with Gasteiger partial charge in [0.25, 0.3) is 0 Å². The summed E-state index contributed by atoms with van der Waals surface area (Å²) in [4.78, 5) is 9.39. The van der Waals surface area contributed by atoms with Crippen LogP contribution in [0.25, 0.3) is 0 Å². The zero-order chi connectivity index (χ0) is 6.73. The van der Waals surface area contributed by atoms with E-state index in [4.69, 9.17) is 5.11 Å². The number of aliphatic hydroxyl groups excluding tert-OH is 1. The van der Waals surface area contributed by atoms with Crippen LogP contribution >= 0.6 is 0 Å². The fourth-order valence-corrected chi connectivity index (χ4v) is 0.236. The summed E-state index contributed by atoms with van der Waals surface area (Å²) < 4.78 is 18.9. The SMILES string of the molecule is O=C([O-])C(O)S(=O)[O-].[K+].[K+]. The average Bonchev–Trinajstić information content (AvgIpc) is 1.64. The summed E-state index contributed by atoms with van der Waals surface area (Å²) in [5.41, 5.74) is -2.41. The van der Waals surface area contributed by atoms with Crippen molar-refractivity contribution in [2.45, 2.75) is 5.44 Å². The van der Waals surface area contributed by atoms with E-state index in [1.54, 1.807) is 0 Å². The predicted octanol–water partition coefficient (Wildman–Crippen LogP) is -9.06. The van der Waals surface area contributed by atoms with E-state index in [2.05, 4.69) is 0 Å². The topological polar surface area (TPSA) is 100 Å². The number of carboxylic acid groups (broad SMARTS) is 1. The number of hydrogen-bond donors (Lipinski definition) is 1. The molecule has 8 heteroatoms. The molecule has 48 valence electrons. The third-order valence-corrected chi connectivity index (χ3v) is 0.941. The van der Waals surface area contributed by atoms with Crippen molar-refractivity contribution in [3.8, 4) is 0 Å². The Labute approximate surface area is 145 Å². The fourth-order valence-electron chi connectivity index (χ4n) is 0.0786. The summed E-state index contributed by atoms with van der Waals surface area (Å²) in [6.07, 6.45) is 0. The molecule has 1 N–H and O–H groups in total. The van der Waals surface area contributed by atoms with E-state index in [1.165, 1.54) is 0 Å². The molecule has 10 heavy (non-hydrogen) atoms. The normalized spacial score (nSPS) is 13.8. The van der Waals surface area contributed by atoms with Crippen molar-refractivity contribution in [1.82, 2.24) is 0 Å². The number of carboxylic acids is 1. The van der Waals surface area contributed by atoms with E-state index in [1.807, 2.05) is 0 Å². The smallest absolute Gasteiger partial charge is 0.770 e. The van der Waals surface area contributed by atoms with Gasteiger partial charge in [0, 0.05) is 0 Å². The number of aliphatic hydroxyl groups is 1. The quantitative estimate of drug-likeness (QED) is 0.365. The van der Waals surface area contributed by atoms with E-state index in [-0.39, 0.29) is 103 Å². The third-order valence-electron chi connectivity index (χ3n) is 0.384. The summed E-state index contributed by atoms with van der Waals surface area (Å²) in [5.74, 6) is -2.02. The van der Waals surface area contributed by atoms with E-state index in [9.17, 15) is 18.7 Å². The Kier molecular flexibility index (Phi) is 18.4. The minimum absolute atomic E-state index is 0. The molecule has 0 saturated carbocycles. The van der Waals surface area contributed by atoms with Crippen LogP contribution in [0.3, 0.4) is 0 Å². The molecule has 5 nitrogen and oxygen atoms in total. The maximum absolute atomic E-state index is 9.47. The van der Waals surface area contributed by atoms with Crippen LogP contribution in [0.15, 0.2) is 0 Å². The van der Waals surface area contributed by atoms with E-state index < -0.39 is 22.5 Å². The minimum Gasteiger partial charge on any atom is -0.770 e. The van der Waals surface area contributed by atoms with E-state index in [0.29, 0.717) is 0 Å². The molecule has 2 unspecified atom stereocenters. The van der Waals surface area contributed by atoms with Crippen molar-refractivity contribution in [3.05, 3.63) is 0 Å². The van der Waals surface area contributed by atoms with Gasteiger partial charge < -0.3 is 19.6 Å². The molecule has 0 radical (unpaired) electrons. The molecular formula is C2H2K2O5S. The Morgan fingerprint density at radius 1 is 1.50 bits per heavy atom. The van der Waals surface area contributed by atoms with E-state index in [0.717, 1.165) is 0 Å². The molecule has 0 rings (SSSR count). The summed E-state index contributed by atoms with van der Waals surface area (Å²) in [7, 11) is 0. The molecule has 0 aromatic heterocycles. The van der Waals surface area contributed by atoms with Gasteiger partial charge in [0.2, 0.25) is 0 Å². The Hall–Kier alpha value is 2.81. The zero-order valence-electron chi connectivity index (χ0n) is 5.57. The molecule has 0 amide bonds. The van der Waals surface area contributed by atoms with Crippen molar-refractivity contribution in [2.24, 2.45) is 0 Å². The van der Waals surface area contributed by atoms with Crippen molar-refractivity contribution in [1.29, 1.82) is 0 Å². The van der Waals surface area contributed by atoms with Gasteiger partial charge in [-0.25, -0.2) is 0 Å². The number of carbonyl (C=O) groups excluding carboxylic acids is 1. The van der Waals surface area contributed by atoms with Crippen molar-refractivity contribution in [2.75, 3.05) is 0 Å². The van der Waals surface area contributed by atoms with Gasteiger partial charge in [0.1, 0.15) is 0 Å². The summed E-state index contributed by atoms with van der Waals surface area (Å²) in [6.45, 7) is 0. The Balaban J connectivity index is -0.000000245. The molecule has 0 aliphatic heterocycles. The molecule has 0 fully saturated rings. The molecule has 0 aromatic rings. The van der Waals surface area contributed by atoms with Gasteiger partial charge in [-0.2, -0.15) is 0 Å². The predicted molar refractivity (Wildman–Crippen MR) is 19.9 cm³/mol. The maximum Gasteiger partial charge on any atom is 1.00 e. The van der Waals surface area contributed by atoms with Gasteiger partial charge in [-0.05, 0) is 11.1 Å². The first-order valence-corrected chi connectivity index (χ1v) is 2.66. The Morgan fingerprint density at radius 3 is 1.80 bits per heavy atom. The second kappa shape index (κ2) is 9.90. The summed E-state index contributed by atoms with van der Waals surface area (Å²) in [5, 5.41) is 17.3. The first kappa shape index (κ1) is 18.6. The fraction of sp³-hybridized carbons (Fsp3) is 0.500. The van der Waals surface area contributed by atoms with Crippen molar-refractivity contribution in [3.63, 3.8) is 0 Å². The van der Waals surface area contributed by atoms with Crippen molar-refractivity contribution >= 4 is 17.0 Å². The van der Waals surface area contributed by atoms with Crippen LogP contribution in [0, 0.1) is 0 Å². The van der Waals surface area contributed by atoms with Gasteiger partial charge in [-0.1, -0.05) is 0 Å².